The average molecular weight is 175 g/mol. The van der Waals surface area contributed by atoms with Gasteiger partial charge in [0.1, 0.15) is 17.1 Å². The summed E-state index contributed by atoms with van der Waals surface area (Å²) < 4.78 is 13.2. The molecule has 0 amide bonds. The van der Waals surface area contributed by atoms with Crippen LogP contribution < -0.4 is 0 Å². The SMILES string of the molecule is CC(C)(F)c1cc(Cl)ncn1. The normalized spacial score (nSPS) is 11.6. The first-order valence-electron chi connectivity index (χ1n) is 3.17. The average Bonchev–Trinajstić information content (AvgIpc) is 1.86. The Hall–Kier alpha value is -0.700. The molecule has 0 saturated carbocycles. The smallest absolute Gasteiger partial charge is 0.147 e. The minimum absolute atomic E-state index is 0.265. The van der Waals surface area contributed by atoms with Crippen molar-refractivity contribution < 1.29 is 4.39 Å². The van der Waals surface area contributed by atoms with Crippen LogP contribution in [0.1, 0.15) is 19.5 Å². The van der Waals surface area contributed by atoms with E-state index in [1.807, 2.05) is 0 Å². The topological polar surface area (TPSA) is 25.8 Å². The van der Waals surface area contributed by atoms with E-state index in [-0.39, 0.29) is 5.15 Å². The monoisotopic (exact) mass is 174 g/mol. The van der Waals surface area contributed by atoms with E-state index in [2.05, 4.69) is 9.97 Å². The molecular formula is C7H8ClFN2. The summed E-state index contributed by atoms with van der Waals surface area (Å²) in [5, 5.41) is 0.265. The number of halogens is 2. The van der Waals surface area contributed by atoms with E-state index in [4.69, 9.17) is 11.6 Å². The Bertz CT molecular complexity index is 257. The van der Waals surface area contributed by atoms with Crippen molar-refractivity contribution in [3.8, 4) is 0 Å². The molecule has 4 heteroatoms. The van der Waals surface area contributed by atoms with Gasteiger partial charge in [0.15, 0.2) is 0 Å². The Morgan fingerprint density at radius 2 is 2.09 bits per heavy atom. The molecule has 0 aliphatic carbocycles. The molecule has 0 radical (unpaired) electrons. The molecule has 1 aromatic heterocycles. The maximum Gasteiger partial charge on any atom is 0.147 e. The van der Waals surface area contributed by atoms with Crippen LogP contribution in [0.4, 0.5) is 4.39 Å². The summed E-state index contributed by atoms with van der Waals surface area (Å²) in [6, 6.07) is 1.42. The lowest BCUT2D eigenvalue weighted by molar-refractivity contribution is 0.214. The van der Waals surface area contributed by atoms with Crippen molar-refractivity contribution in [1.29, 1.82) is 0 Å². The predicted octanol–water partition coefficient (Wildman–Crippen LogP) is 2.33. The number of alkyl halides is 1. The number of hydrogen-bond donors (Lipinski definition) is 0. The van der Waals surface area contributed by atoms with Crippen LogP contribution in [-0.4, -0.2) is 9.97 Å². The first kappa shape index (κ1) is 8.40. The lowest BCUT2D eigenvalue weighted by atomic mass is 10.1. The minimum atomic E-state index is -1.45. The second-order valence-electron chi connectivity index (χ2n) is 2.70. The van der Waals surface area contributed by atoms with Gasteiger partial charge in [-0.3, -0.25) is 0 Å². The molecule has 0 atom stereocenters. The number of aromatic nitrogens is 2. The lowest BCUT2D eigenvalue weighted by Crippen LogP contribution is -2.11. The zero-order chi connectivity index (χ0) is 8.48. The molecule has 1 heterocycles. The summed E-state index contributed by atoms with van der Waals surface area (Å²) in [6.45, 7) is 2.84. The van der Waals surface area contributed by atoms with Crippen LogP contribution in [0.3, 0.4) is 0 Å². The van der Waals surface area contributed by atoms with Gasteiger partial charge in [-0.2, -0.15) is 0 Å². The van der Waals surface area contributed by atoms with E-state index < -0.39 is 5.67 Å². The van der Waals surface area contributed by atoms with Crippen LogP contribution in [0.5, 0.6) is 0 Å². The van der Waals surface area contributed by atoms with E-state index >= 15 is 0 Å². The highest BCUT2D eigenvalue weighted by Crippen LogP contribution is 2.22. The lowest BCUT2D eigenvalue weighted by Gasteiger charge is -2.12. The second kappa shape index (κ2) is 2.74. The summed E-state index contributed by atoms with van der Waals surface area (Å²) in [4.78, 5) is 7.38. The molecule has 0 aliphatic heterocycles. The van der Waals surface area contributed by atoms with Gasteiger partial charge in [-0.05, 0) is 13.8 Å². The molecule has 11 heavy (non-hydrogen) atoms. The van der Waals surface area contributed by atoms with Crippen molar-refractivity contribution in [2.24, 2.45) is 0 Å². The van der Waals surface area contributed by atoms with Gasteiger partial charge in [0.2, 0.25) is 0 Å². The van der Waals surface area contributed by atoms with Crippen LogP contribution in [0.2, 0.25) is 5.15 Å². The fraction of sp³-hybridized carbons (Fsp3) is 0.429. The van der Waals surface area contributed by atoms with Crippen LogP contribution in [-0.2, 0) is 5.67 Å². The maximum atomic E-state index is 13.2. The zero-order valence-electron chi connectivity index (χ0n) is 6.31. The fourth-order valence-electron chi connectivity index (χ4n) is 0.659. The van der Waals surface area contributed by atoms with E-state index in [1.165, 1.54) is 26.2 Å². The summed E-state index contributed by atoms with van der Waals surface area (Å²) in [5.74, 6) is 0. The molecule has 0 unspecified atom stereocenters. The van der Waals surface area contributed by atoms with E-state index in [1.54, 1.807) is 0 Å². The first-order valence-corrected chi connectivity index (χ1v) is 3.55. The molecule has 0 bridgehead atoms. The van der Waals surface area contributed by atoms with Crippen LogP contribution in [0.15, 0.2) is 12.4 Å². The second-order valence-corrected chi connectivity index (χ2v) is 3.09. The quantitative estimate of drug-likeness (QED) is 0.611. The zero-order valence-corrected chi connectivity index (χ0v) is 7.06. The minimum Gasteiger partial charge on any atom is -0.238 e. The third kappa shape index (κ3) is 2.12. The molecule has 0 N–H and O–H groups in total. The van der Waals surface area contributed by atoms with Gasteiger partial charge < -0.3 is 0 Å². The molecule has 60 valence electrons. The third-order valence-electron chi connectivity index (χ3n) is 1.24. The summed E-state index contributed by atoms with van der Waals surface area (Å²) in [7, 11) is 0. The summed E-state index contributed by atoms with van der Waals surface area (Å²) in [6.07, 6.45) is 1.25. The van der Waals surface area contributed by atoms with Crippen LogP contribution in [0.25, 0.3) is 0 Å². The Morgan fingerprint density at radius 1 is 1.45 bits per heavy atom. The predicted molar refractivity (Wildman–Crippen MR) is 41.2 cm³/mol. The number of hydrogen-bond acceptors (Lipinski definition) is 2. The third-order valence-corrected chi connectivity index (χ3v) is 1.45. The van der Waals surface area contributed by atoms with Gasteiger partial charge >= 0.3 is 0 Å². The van der Waals surface area contributed by atoms with Gasteiger partial charge in [0.05, 0.1) is 5.69 Å². The standard InChI is InChI=1S/C7H8ClFN2/c1-7(2,9)5-3-6(8)11-4-10-5/h3-4H,1-2H3. The molecule has 0 saturated heterocycles. The summed E-state index contributed by atoms with van der Waals surface area (Å²) >= 11 is 5.53. The van der Waals surface area contributed by atoms with Gasteiger partial charge in [-0.25, -0.2) is 14.4 Å². The van der Waals surface area contributed by atoms with Crippen LogP contribution in [0, 0.1) is 0 Å². The first-order chi connectivity index (χ1) is 5.00. The largest absolute Gasteiger partial charge is 0.238 e. The Kier molecular flexibility index (Phi) is 2.09. The number of nitrogens with zero attached hydrogens (tertiary/aromatic N) is 2. The van der Waals surface area contributed by atoms with E-state index in [0.717, 1.165) is 0 Å². The van der Waals surface area contributed by atoms with Crippen molar-refractivity contribution in [1.82, 2.24) is 9.97 Å². The maximum absolute atomic E-state index is 13.2. The molecular weight excluding hydrogens is 167 g/mol. The van der Waals surface area contributed by atoms with E-state index in [0.29, 0.717) is 5.69 Å². The van der Waals surface area contributed by atoms with Crippen molar-refractivity contribution >= 4 is 11.6 Å². The highest BCUT2D eigenvalue weighted by molar-refractivity contribution is 6.29. The fourth-order valence-corrected chi connectivity index (χ4v) is 0.806. The molecule has 0 aliphatic rings. The van der Waals surface area contributed by atoms with Crippen LogP contribution >= 0.6 is 11.6 Å². The van der Waals surface area contributed by atoms with Gasteiger partial charge in [0.25, 0.3) is 0 Å². The molecule has 2 nitrogen and oxygen atoms in total. The van der Waals surface area contributed by atoms with E-state index in [9.17, 15) is 4.39 Å². The molecule has 0 spiro atoms. The Labute approximate surface area is 69.4 Å². The van der Waals surface area contributed by atoms with Crippen molar-refractivity contribution in [3.05, 3.63) is 23.2 Å². The van der Waals surface area contributed by atoms with Crippen molar-refractivity contribution in [2.75, 3.05) is 0 Å². The van der Waals surface area contributed by atoms with Gasteiger partial charge in [0, 0.05) is 6.07 Å². The molecule has 1 aromatic rings. The number of rotatable bonds is 1. The molecule has 0 fully saturated rings. The Morgan fingerprint density at radius 3 is 2.45 bits per heavy atom. The van der Waals surface area contributed by atoms with Crippen molar-refractivity contribution in [3.63, 3.8) is 0 Å². The molecule has 1 rings (SSSR count). The highest BCUT2D eigenvalue weighted by Gasteiger charge is 2.20. The van der Waals surface area contributed by atoms with Gasteiger partial charge in [-0.1, -0.05) is 11.6 Å². The molecule has 0 aromatic carbocycles. The Balaban J connectivity index is 3.06. The summed E-state index contributed by atoms with van der Waals surface area (Å²) in [5.41, 5.74) is -1.15. The van der Waals surface area contributed by atoms with Crippen molar-refractivity contribution in [2.45, 2.75) is 19.5 Å². The highest BCUT2D eigenvalue weighted by atomic mass is 35.5. The van der Waals surface area contributed by atoms with Gasteiger partial charge in [-0.15, -0.1) is 0 Å².